The Hall–Kier alpha value is -4.00. The van der Waals surface area contributed by atoms with Crippen molar-refractivity contribution < 1.29 is 9.53 Å². The highest BCUT2D eigenvalue weighted by molar-refractivity contribution is 5.91. The Labute approximate surface area is 160 Å². The summed E-state index contributed by atoms with van der Waals surface area (Å²) >= 11 is 0. The highest BCUT2D eigenvalue weighted by atomic mass is 16.5. The van der Waals surface area contributed by atoms with Gasteiger partial charge in [-0.1, -0.05) is 12.1 Å². The van der Waals surface area contributed by atoms with Gasteiger partial charge in [-0.15, -0.1) is 0 Å². The van der Waals surface area contributed by atoms with Crippen LogP contribution in [0.4, 0.5) is 10.6 Å². The number of rotatable bonds is 3. The third-order valence-corrected chi connectivity index (χ3v) is 4.50. The van der Waals surface area contributed by atoms with Crippen LogP contribution in [0.3, 0.4) is 0 Å². The molecule has 0 bridgehead atoms. The summed E-state index contributed by atoms with van der Waals surface area (Å²) in [6.45, 7) is 0.370. The van der Waals surface area contributed by atoms with E-state index >= 15 is 0 Å². The fourth-order valence-electron chi connectivity index (χ4n) is 3.09. The summed E-state index contributed by atoms with van der Waals surface area (Å²) in [5.74, 6) is 1.85. The second-order valence-electron chi connectivity index (χ2n) is 6.31. The number of hydrogen-bond acceptors (Lipinski definition) is 5. The molecule has 136 valence electrons. The molecule has 0 saturated heterocycles. The Bertz CT molecular complexity index is 1190. The molecule has 28 heavy (non-hydrogen) atoms. The molecule has 0 saturated carbocycles. The highest BCUT2D eigenvalue weighted by Crippen LogP contribution is 2.31. The molecule has 0 radical (unpaired) electrons. The maximum absolute atomic E-state index is 11.4. The van der Waals surface area contributed by atoms with Crippen molar-refractivity contribution in [2.45, 2.75) is 6.54 Å². The van der Waals surface area contributed by atoms with Gasteiger partial charge in [0.2, 0.25) is 0 Å². The number of nitrogens with one attached hydrogen (secondary N) is 2. The first kappa shape index (κ1) is 16.2. The van der Waals surface area contributed by atoms with Gasteiger partial charge in [0.25, 0.3) is 0 Å². The van der Waals surface area contributed by atoms with E-state index in [-0.39, 0.29) is 6.03 Å². The number of fused-ring (bicyclic) bond motifs is 2. The standard InChI is InChI=1S/C21H15N5O2/c27-21-24-11-15-19(9-10-22-20(15)26-21)28-14-7-5-13(6-8-14)18-12-23-16-3-1-2-4-17(16)25-18/h1-10,12H,11H2,(H2,22,24,26,27). The first-order chi connectivity index (χ1) is 13.8. The largest absolute Gasteiger partial charge is 0.457 e. The van der Waals surface area contributed by atoms with E-state index < -0.39 is 0 Å². The average Bonchev–Trinajstić information content (AvgIpc) is 2.74. The van der Waals surface area contributed by atoms with Gasteiger partial charge >= 0.3 is 6.03 Å². The van der Waals surface area contributed by atoms with Crippen molar-refractivity contribution in [1.82, 2.24) is 20.3 Å². The molecular weight excluding hydrogens is 354 g/mol. The summed E-state index contributed by atoms with van der Waals surface area (Å²) in [4.78, 5) is 24.7. The van der Waals surface area contributed by atoms with Crippen molar-refractivity contribution in [3.05, 3.63) is 72.6 Å². The SMILES string of the molecule is O=C1NCc2c(Oc3ccc(-c4cnc5ccccc5n4)cc3)ccnc2N1. The van der Waals surface area contributed by atoms with Gasteiger partial charge in [-0.25, -0.2) is 14.8 Å². The molecule has 2 aromatic carbocycles. The average molecular weight is 369 g/mol. The molecule has 3 heterocycles. The van der Waals surface area contributed by atoms with Gasteiger partial charge in [-0.2, -0.15) is 0 Å². The lowest BCUT2D eigenvalue weighted by molar-refractivity contribution is 0.250. The molecule has 1 aliphatic rings. The third kappa shape index (κ3) is 2.99. The zero-order valence-corrected chi connectivity index (χ0v) is 14.7. The quantitative estimate of drug-likeness (QED) is 0.567. The Balaban J connectivity index is 1.41. The normalized spacial score (nSPS) is 12.8. The Morgan fingerprint density at radius 2 is 1.75 bits per heavy atom. The molecule has 4 aromatic rings. The van der Waals surface area contributed by atoms with Crippen LogP contribution in [0, 0.1) is 0 Å². The monoisotopic (exact) mass is 369 g/mol. The Morgan fingerprint density at radius 3 is 2.61 bits per heavy atom. The van der Waals surface area contributed by atoms with E-state index in [4.69, 9.17) is 4.74 Å². The molecule has 2 amide bonds. The number of pyridine rings is 1. The number of aromatic nitrogens is 3. The van der Waals surface area contributed by atoms with E-state index in [1.165, 1.54) is 0 Å². The van der Waals surface area contributed by atoms with E-state index in [1.54, 1.807) is 18.5 Å². The summed E-state index contributed by atoms with van der Waals surface area (Å²) in [5, 5.41) is 5.40. The molecular formula is C21H15N5O2. The van der Waals surface area contributed by atoms with Gasteiger partial charge in [-0.05, 0) is 42.5 Å². The number of hydrogen-bond donors (Lipinski definition) is 2. The van der Waals surface area contributed by atoms with Crippen molar-refractivity contribution in [3.63, 3.8) is 0 Å². The lowest BCUT2D eigenvalue weighted by atomic mass is 10.1. The number of carbonyl (C=O) groups excluding carboxylic acids is 1. The number of carbonyl (C=O) groups is 1. The summed E-state index contributed by atoms with van der Waals surface area (Å²) in [6, 6.07) is 17.0. The molecule has 2 N–H and O–H groups in total. The van der Waals surface area contributed by atoms with Crippen molar-refractivity contribution in [2.75, 3.05) is 5.32 Å². The maximum atomic E-state index is 11.4. The first-order valence-corrected chi connectivity index (χ1v) is 8.79. The first-order valence-electron chi connectivity index (χ1n) is 8.79. The lowest BCUT2D eigenvalue weighted by Gasteiger charge is -2.19. The predicted octanol–water partition coefficient (Wildman–Crippen LogP) is 4.12. The van der Waals surface area contributed by atoms with Gasteiger partial charge in [0, 0.05) is 11.8 Å². The fraction of sp³-hybridized carbons (Fsp3) is 0.0476. The number of urea groups is 1. The van der Waals surface area contributed by atoms with Gasteiger partial charge in [0.15, 0.2) is 0 Å². The van der Waals surface area contributed by atoms with Gasteiger partial charge in [0.05, 0.1) is 35.0 Å². The molecule has 0 atom stereocenters. The molecule has 1 aliphatic heterocycles. The summed E-state index contributed by atoms with van der Waals surface area (Å²) in [5.41, 5.74) is 4.30. The molecule has 0 fully saturated rings. The van der Waals surface area contributed by atoms with Crippen LogP contribution in [0.2, 0.25) is 0 Å². The van der Waals surface area contributed by atoms with Gasteiger partial charge in [-0.3, -0.25) is 10.3 Å². The van der Waals surface area contributed by atoms with Crippen LogP contribution in [-0.4, -0.2) is 21.0 Å². The molecule has 0 spiro atoms. The highest BCUT2D eigenvalue weighted by Gasteiger charge is 2.19. The van der Waals surface area contributed by atoms with Crippen molar-refractivity contribution in [2.24, 2.45) is 0 Å². The summed E-state index contributed by atoms with van der Waals surface area (Å²) in [6.07, 6.45) is 3.38. The second kappa shape index (κ2) is 6.62. The van der Waals surface area contributed by atoms with E-state index in [0.717, 1.165) is 27.9 Å². The number of anilines is 1. The van der Waals surface area contributed by atoms with Gasteiger partial charge < -0.3 is 10.1 Å². The van der Waals surface area contributed by atoms with Crippen LogP contribution < -0.4 is 15.4 Å². The van der Waals surface area contributed by atoms with Gasteiger partial charge in [0.1, 0.15) is 17.3 Å². The Kier molecular flexibility index (Phi) is 3.83. The van der Waals surface area contributed by atoms with E-state index in [9.17, 15) is 4.79 Å². The fourth-order valence-corrected chi connectivity index (χ4v) is 3.09. The van der Waals surface area contributed by atoms with E-state index in [2.05, 4.69) is 25.6 Å². The van der Waals surface area contributed by atoms with Crippen LogP contribution in [0.5, 0.6) is 11.5 Å². The van der Waals surface area contributed by atoms with Crippen molar-refractivity contribution in [1.29, 1.82) is 0 Å². The number of amides is 2. The van der Waals surface area contributed by atoms with Crippen LogP contribution in [-0.2, 0) is 6.54 Å². The molecule has 0 unspecified atom stereocenters. The van der Waals surface area contributed by atoms with E-state index in [1.807, 2.05) is 48.5 Å². The topological polar surface area (TPSA) is 89.0 Å². The smallest absolute Gasteiger partial charge is 0.320 e. The minimum atomic E-state index is -0.266. The minimum absolute atomic E-state index is 0.266. The number of para-hydroxylation sites is 2. The molecule has 0 aliphatic carbocycles. The molecule has 7 nitrogen and oxygen atoms in total. The van der Waals surface area contributed by atoms with Crippen LogP contribution >= 0.6 is 0 Å². The molecule has 7 heteroatoms. The molecule has 2 aromatic heterocycles. The predicted molar refractivity (Wildman–Crippen MR) is 105 cm³/mol. The maximum Gasteiger partial charge on any atom is 0.320 e. The lowest BCUT2D eigenvalue weighted by Crippen LogP contribution is -2.34. The zero-order chi connectivity index (χ0) is 18.9. The second-order valence-corrected chi connectivity index (χ2v) is 6.31. The van der Waals surface area contributed by atoms with E-state index in [0.29, 0.717) is 23.9 Å². The summed E-state index contributed by atoms with van der Waals surface area (Å²) < 4.78 is 6.01. The van der Waals surface area contributed by atoms with Crippen LogP contribution in [0.1, 0.15) is 5.56 Å². The third-order valence-electron chi connectivity index (χ3n) is 4.50. The Morgan fingerprint density at radius 1 is 0.929 bits per heavy atom. The summed E-state index contributed by atoms with van der Waals surface area (Å²) in [7, 11) is 0. The number of benzene rings is 2. The minimum Gasteiger partial charge on any atom is -0.457 e. The molecule has 5 rings (SSSR count). The zero-order valence-electron chi connectivity index (χ0n) is 14.7. The van der Waals surface area contributed by atoms with Crippen molar-refractivity contribution in [3.8, 4) is 22.8 Å². The van der Waals surface area contributed by atoms with Crippen molar-refractivity contribution >= 4 is 22.9 Å². The van der Waals surface area contributed by atoms with Crippen LogP contribution in [0.15, 0.2) is 67.0 Å². The number of nitrogens with zero attached hydrogens (tertiary/aromatic N) is 3. The number of ether oxygens (including phenoxy) is 1. The van der Waals surface area contributed by atoms with Crippen LogP contribution in [0.25, 0.3) is 22.3 Å².